The van der Waals surface area contributed by atoms with Gasteiger partial charge in [-0.2, -0.15) is 0 Å². The lowest BCUT2D eigenvalue weighted by Crippen LogP contribution is -3.12. The Kier molecular flexibility index (Phi) is 5.62. The minimum atomic E-state index is 0.0453. The molecule has 2 N–H and O–H groups in total. The molecule has 0 saturated carbocycles. The summed E-state index contributed by atoms with van der Waals surface area (Å²) in [5.74, 6) is 0.0453. The first-order chi connectivity index (χ1) is 14.7. The van der Waals surface area contributed by atoms with Crippen LogP contribution < -0.4 is 10.2 Å². The number of likely N-dealkylation sites (tertiary alicyclic amines) is 1. The molecule has 5 rings (SSSR count). The van der Waals surface area contributed by atoms with Crippen molar-refractivity contribution >= 4 is 38.8 Å². The van der Waals surface area contributed by atoms with Gasteiger partial charge in [0.05, 0.1) is 33.1 Å². The van der Waals surface area contributed by atoms with Crippen molar-refractivity contribution in [2.75, 3.05) is 13.1 Å². The fourth-order valence-corrected chi connectivity index (χ4v) is 5.97. The lowest BCUT2D eigenvalue weighted by Gasteiger charge is -2.29. The molecule has 4 aromatic rings. The van der Waals surface area contributed by atoms with Crippen LogP contribution >= 0.6 is 22.7 Å². The van der Waals surface area contributed by atoms with Crippen molar-refractivity contribution in [3.8, 4) is 9.88 Å². The summed E-state index contributed by atoms with van der Waals surface area (Å²) in [5.41, 5.74) is 2.40. The fourth-order valence-electron chi connectivity index (χ4n) is 4.04. The Balaban J connectivity index is 1.17. The third kappa shape index (κ3) is 4.31. The normalized spacial score (nSPS) is 19.1. The number of para-hydroxylation sites is 1. The van der Waals surface area contributed by atoms with Gasteiger partial charge in [-0.25, -0.2) is 4.98 Å². The number of fused-ring (bicyclic) bond motifs is 1. The van der Waals surface area contributed by atoms with E-state index in [1.165, 1.54) is 21.6 Å². The largest absolute Gasteiger partial charge is 0.348 e. The summed E-state index contributed by atoms with van der Waals surface area (Å²) in [6, 6.07) is 23.0. The summed E-state index contributed by atoms with van der Waals surface area (Å²) in [6.07, 6.45) is 2.06. The van der Waals surface area contributed by atoms with Crippen LogP contribution in [0.5, 0.6) is 0 Å². The zero-order valence-corrected chi connectivity index (χ0v) is 18.3. The second-order valence-corrected chi connectivity index (χ2v) is 9.93. The molecule has 1 aliphatic heterocycles. The summed E-state index contributed by atoms with van der Waals surface area (Å²) in [5, 5.41) is 4.24. The minimum absolute atomic E-state index is 0.0453. The molecule has 152 valence electrons. The number of hydrogen-bond donors (Lipinski definition) is 2. The maximum absolute atomic E-state index is 12.8. The Hall–Kier alpha value is -2.54. The molecule has 0 bridgehead atoms. The highest BCUT2D eigenvalue weighted by atomic mass is 32.1. The smallest absolute Gasteiger partial charge is 0.261 e. The number of thiophene rings is 1. The summed E-state index contributed by atoms with van der Waals surface area (Å²) in [4.78, 5) is 20.9. The second kappa shape index (κ2) is 8.68. The van der Waals surface area contributed by atoms with Gasteiger partial charge >= 0.3 is 0 Å². The van der Waals surface area contributed by atoms with Crippen LogP contribution in [-0.2, 0) is 6.54 Å². The molecule has 1 amide bonds. The van der Waals surface area contributed by atoms with Crippen LogP contribution in [0.15, 0.2) is 66.7 Å². The monoisotopic (exact) mass is 434 g/mol. The molecular formula is C24H24N3OS2+. The van der Waals surface area contributed by atoms with Crippen molar-refractivity contribution in [1.82, 2.24) is 10.3 Å². The topological polar surface area (TPSA) is 46.4 Å². The predicted molar refractivity (Wildman–Crippen MR) is 124 cm³/mol. The van der Waals surface area contributed by atoms with Crippen LogP contribution in [0.2, 0.25) is 0 Å². The van der Waals surface area contributed by atoms with Gasteiger partial charge < -0.3 is 10.2 Å². The number of piperidine rings is 1. The van der Waals surface area contributed by atoms with Crippen molar-refractivity contribution < 1.29 is 9.69 Å². The van der Waals surface area contributed by atoms with Crippen LogP contribution in [0.3, 0.4) is 0 Å². The Morgan fingerprint density at radius 1 is 0.967 bits per heavy atom. The molecule has 0 atom stereocenters. The van der Waals surface area contributed by atoms with E-state index in [0.29, 0.717) is 0 Å². The molecule has 3 heterocycles. The molecular weight excluding hydrogens is 410 g/mol. The van der Waals surface area contributed by atoms with Gasteiger partial charge in [0, 0.05) is 24.4 Å². The fraction of sp³-hybridized carbons (Fsp3) is 0.250. The minimum Gasteiger partial charge on any atom is -0.348 e. The molecule has 0 unspecified atom stereocenters. The number of thiazole rings is 1. The number of carbonyl (C=O) groups is 1. The van der Waals surface area contributed by atoms with Crippen molar-refractivity contribution in [3.05, 3.63) is 77.2 Å². The van der Waals surface area contributed by atoms with Crippen LogP contribution in [0, 0.1) is 0 Å². The van der Waals surface area contributed by atoms with E-state index in [1.807, 2.05) is 30.3 Å². The number of nitrogens with one attached hydrogen (secondary N) is 2. The molecule has 0 radical (unpaired) electrons. The first-order valence-electron chi connectivity index (χ1n) is 10.4. The summed E-state index contributed by atoms with van der Waals surface area (Å²) in [6.45, 7) is 3.26. The Morgan fingerprint density at radius 2 is 1.73 bits per heavy atom. The zero-order chi connectivity index (χ0) is 20.3. The SMILES string of the molecule is O=C(NC1CC[NH+](Cc2ccccc2)CC1)c1ccc(-c2nc3ccccc3s2)s1. The number of nitrogens with zero attached hydrogens (tertiary/aromatic N) is 1. The van der Waals surface area contributed by atoms with E-state index >= 15 is 0 Å². The van der Waals surface area contributed by atoms with Gasteiger partial charge in [-0.05, 0) is 24.3 Å². The van der Waals surface area contributed by atoms with Gasteiger partial charge in [-0.3, -0.25) is 4.79 Å². The third-order valence-corrected chi connectivity index (χ3v) is 7.95. The molecule has 4 nitrogen and oxygen atoms in total. The lowest BCUT2D eigenvalue weighted by molar-refractivity contribution is -0.918. The molecule has 2 aromatic heterocycles. The second-order valence-electron chi connectivity index (χ2n) is 7.81. The van der Waals surface area contributed by atoms with Crippen LogP contribution in [0.1, 0.15) is 28.1 Å². The van der Waals surface area contributed by atoms with Crippen molar-refractivity contribution in [2.45, 2.75) is 25.4 Å². The number of carbonyl (C=O) groups excluding carboxylic acids is 1. The lowest BCUT2D eigenvalue weighted by atomic mass is 10.0. The van der Waals surface area contributed by atoms with Crippen LogP contribution in [0.25, 0.3) is 20.1 Å². The van der Waals surface area contributed by atoms with Crippen LogP contribution in [0.4, 0.5) is 0 Å². The third-order valence-electron chi connectivity index (χ3n) is 5.66. The summed E-state index contributed by atoms with van der Waals surface area (Å²) >= 11 is 3.21. The Morgan fingerprint density at radius 3 is 2.53 bits per heavy atom. The van der Waals surface area contributed by atoms with Gasteiger partial charge in [0.15, 0.2) is 0 Å². The van der Waals surface area contributed by atoms with E-state index in [1.54, 1.807) is 16.2 Å². The highest BCUT2D eigenvalue weighted by Gasteiger charge is 2.24. The molecule has 1 fully saturated rings. The maximum Gasteiger partial charge on any atom is 0.261 e. The molecule has 6 heteroatoms. The Bertz CT molecular complexity index is 1110. The number of quaternary nitrogens is 1. The molecule has 2 aromatic carbocycles. The van der Waals surface area contributed by atoms with E-state index in [9.17, 15) is 4.79 Å². The zero-order valence-electron chi connectivity index (χ0n) is 16.6. The van der Waals surface area contributed by atoms with Gasteiger partial charge in [0.2, 0.25) is 0 Å². The summed E-state index contributed by atoms with van der Waals surface area (Å²) < 4.78 is 1.18. The molecule has 0 aliphatic carbocycles. The Labute approximate surface area is 184 Å². The van der Waals surface area contributed by atoms with Crippen molar-refractivity contribution in [1.29, 1.82) is 0 Å². The number of amides is 1. The van der Waals surface area contributed by atoms with Crippen LogP contribution in [-0.4, -0.2) is 30.0 Å². The molecule has 1 aliphatic rings. The van der Waals surface area contributed by atoms with Crippen molar-refractivity contribution in [3.63, 3.8) is 0 Å². The number of benzene rings is 2. The first kappa shape index (κ1) is 19.4. The highest BCUT2D eigenvalue weighted by molar-refractivity contribution is 7.26. The van der Waals surface area contributed by atoms with E-state index < -0.39 is 0 Å². The molecule has 0 spiro atoms. The number of rotatable bonds is 5. The quantitative estimate of drug-likeness (QED) is 0.499. The summed E-state index contributed by atoms with van der Waals surface area (Å²) in [7, 11) is 0. The average molecular weight is 435 g/mol. The van der Waals surface area contributed by atoms with E-state index in [-0.39, 0.29) is 11.9 Å². The predicted octanol–water partition coefficient (Wildman–Crippen LogP) is 4.00. The average Bonchev–Trinajstić information content (AvgIpc) is 3.43. The molecule has 30 heavy (non-hydrogen) atoms. The van der Waals surface area contributed by atoms with Crippen molar-refractivity contribution in [2.24, 2.45) is 0 Å². The van der Waals surface area contributed by atoms with E-state index in [2.05, 4.69) is 41.7 Å². The number of hydrogen-bond acceptors (Lipinski definition) is 4. The maximum atomic E-state index is 12.8. The molecule has 1 saturated heterocycles. The van der Waals surface area contributed by atoms with Gasteiger partial charge in [-0.1, -0.05) is 42.5 Å². The van der Waals surface area contributed by atoms with Gasteiger partial charge in [-0.15, -0.1) is 22.7 Å². The van der Waals surface area contributed by atoms with Gasteiger partial charge in [0.1, 0.15) is 11.6 Å². The van der Waals surface area contributed by atoms with Gasteiger partial charge in [0.25, 0.3) is 5.91 Å². The first-order valence-corrected chi connectivity index (χ1v) is 12.0. The highest BCUT2D eigenvalue weighted by Crippen LogP contribution is 2.34. The van der Waals surface area contributed by atoms with E-state index in [0.717, 1.165) is 52.8 Å². The standard InChI is InChI=1S/C24H23N3OS2/c28-23(25-18-12-14-27(15-13-18)16-17-6-2-1-3-7-17)21-10-11-22(29-21)24-26-19-8-4-5-9-20(19)30-24/h1-11,18H,12-16H2,(H,25,28)/p+1. The van der Waals surface area contributed by atoms with E-state index in [4.69, 9.17) is 4.98 Å². The number of aromatic nitrogens is 1.